The first-order valence-corrected chi connectivity index (χ1v) is 7.78. The van der Waals surface area contributed by atoms with E-state index in [1.165, 1.54) is 48.8 Å². The predicted molar refractivity (Wildman–Crippen MR) is 79.2 cm³/mol. The molecule has 94 valence electrons. The van der Waals surface area contributed by atoms with Gasteiger partial charge in [-0.3, -0.25) is 0 Å². The normalized spacial score (nSPS) is 18.6. The van der Waals surface area contributed by atoms with Gasteiger partial charge in [-0.2, -0.15) is 0 Å². The van der Waals surface area contributed by atoms with Crippen molar-refractivity contribution in [1.82, 2.24) is 0 Å². The maximum atomic E-state index is 6.35. The van der Waals surface area contributed by atoms with Gasteiger partial charge in [0.15, 0.2) is 0 Å². The molecule has 0 amide bonds. The summed E-state index contributed by atoms with van der Waals surface area (Å²) in [6, 6.07) is 4.33. The summed E-state index contributed by atoms with van der Waals surface area (Å²) in [5.74, 6) is 0.886. The SMILES string of the molecule is Cc1cc(Cl)c(C(Br)CC2CCCC2)cc1C. The van der Waals surface area contributed by atoms with Gasteiger partial charge < -0.3 is 0 Å². The molecule has 0 bridgehead atoms. The Morgan fingerprint density at radius 2 is 1.82 bits per heavy atom. The number of benzene rings is 1. The van der Waals surface area contributed by atoms with Crippen molar-refractivity contribution in [3.05, 3.63) is 33.8 Å². The Morgan fingerprint density at radius 1 is 1.24 bits per heavy atom. The van der Waals surface area contributed by atoms with Gasteiger partial charge in [-0.15, -0.1) is 0 Å². The second kappa shape index (κ2) is 5.75. The summed E-state index contributed by atoms with van der Waals surface area (Å²) in [5, 5.41) is 0.910. The lowest BCUT2D eigenvalue weighted by atomic mass is 9.96. The van der Waals surface area contributed by atoms with Gasteiger partial charge in [-0.05, 0) is 48.9 Å². The van der Waals surface area contributed by atoms with Gasteiger partial charge in [0.05, 0.1) is 0 Å². The quantitative estimate of drug-likeness (QED) is 0.602. The van der Waals surface area contributed by atoms with Crippen LogP contribution in [-0.4, -0.2) is 0 Å². The molecule has 0 radical (unpaired) electrons. The van der Waals surface area contributed by atoms with E-state index in [0.29, 0.717) is 4.83 Å². The maximum absolute atomic E-state index is 6.35. The first-order valence-electron chi connectivity index (χ1n) is 6.48. The van der Waals surface area contributed by atoms with E-state index >= 15 is 0 Å². The fourth-order valence-electron chi connectivity index (χ4n) is 2.71. The zero-order valence-electron chi connectivity index (χ0n) is 10.6. The highest BCUT2D eigenvalue weighted by Crippen LogP contribution is 2.40. The largest absolute Gasteiger partial charge is 0.0840 e. The van der Waals surface area contributed by atoms with E-state index in [4.69, 9.17) is 11.6 Å². The number of rotatable bonds is 3. The number of aryl methyl sites for hydroxylation is 2. The number of alkyl halides is 1. The van der Waals surface area contributed by atoms with Crippen LogP contribution >= 0.6 is 27.5 Å². The molecular formula is C15H20BrCl. The van der Waals surface area contributed by atoms with Crippen LogP contribution in [-0.2, 0) is 0 Å². The molecule has 1 aliphatic carbocycles. The van der Waals surface area contributed by atoms with Crippen molar-refractivity contribution in [3.63, 3.8) is 0 Å². The van der Waals surface area contributed by atoms with E-state index in [1.807, 2.05) is 0 Å². The van der Waals surface area contributed by atoms with Gasteiger partial charge in [0.2, 0.25) is 0 Å². The van der Waals surface area contributed by atoms with Crippen molar-refractivity contribution >= 4 is 27.5 Å². The van der Waals surface area contributed by atoms with Gasteiger partial charge in [-0.1, -0.05) is 59.3 Å². The van der Waals surface area contributed by atoms with Crippen molar-refractivity contribution in [2.24, 2.45) is 5.92 Å². The Kier molecular flexibility index (Phi) is 4.54. The molecule has 1 atom stereocenters. The Bertz CT molecular complexity index is 394. The molecule has 1 aliphatic rings. The van der Waals surface area contributed by atoms with Gasteiger partial charge in [0.25, 0.3) is 0 Å². The molecule has 1 fully saturated rings. The summed E-state index contributed by atoms with van der Waals surface area (Å²) < 4.78 is 0. The second-order valence-corrected chi connectivity index (χ2v) is 6.82. The van der Waals surface area contributed by atoms with E-state index in [0.717, 1.165) is 10.9 Å². The van der Waals surface area contributed by atoms with E-state index in [-0.39, 0.29) is 0 Å². The fourth-order valence-corrected chi connectivity index (χ4v) is 4.10. The van der Waals surface area contributed by atoms with Crippen LogP contribution in [0.1, 0.15) is 53.6 Å². The Balaban J connectivity index is 2.12. The zero-order chi connectivity index (χ0) is 12.4. The third-order valence-electron chi connectivity index (χ3n) is 3.97. The van der Waals surface area contributed by atoms with E-state index in [2.05, 4.69) is 41.9 Å². The Labute approximate surface area is 118 Å². The molecule has 0 nitrogen and oxygen atoms in total. The molecule has 1 aromatic rings. The Morgan fingerprint density at radius 3 is 2.47 bits per heavy atom. The van der Waals surface area contributed by atoms with Crippen LogP contribution in [0.3, 0.4) is 0 Å². The summed E-state index contributed by atoms with van der Waals surface area (Å²) >= 11 is 10.2. The minimum Gasteiger partial charge on any atom is -0.0840 e. The van der Waals surface area contributed by atoms with Crippen LogP contribution in [0.25, 0.3) is 0 Å². The molecule has 2 rings (SSSR count). The highest BCUT2D eigenvalue weighted by Gasteiger charge is 2.21. The number of hydrogen-bond donors (Lipinski definition) is 0. The summed E-state index contributed by atoms with van der Waals surface area (Å²) in [5.41, 5.74) is 3.88. The van der Waals surface area contributed by atoms with Crippen molar-refractivity contribution in [2.45, 2.75) is 50.8 Å². The summed E-state index contributed by atoms with van der Waals surface area (Å²) in [4.78, 5) is 0.414. The number of hydrogen-bond acceptors (Lipinski definition) is 0. The predicted octanol–water partition coefficient (Wildman–Crippen LogP) is 5.97. The Hall–Kier alpha value is -0.0100. The first-order chi connectivity index (χ1) is 8.08. The molecule has 0 saturated heterocycles. The summed E-state index contributed by atoms with van der Waals surface area (Å²) in [6.07, 6.45) is 6.83. The fraction of sp³-hybridized carbons (Fsp3) is 0.600. The van der Waals surface area contributed by atoms with Crippen LogP contribution in [0.15, 0.2) is 12.1 Å². The van der Waals surface area contributed by atoms with Crippen LogP contribution < -0.4 is 0 Å². The van der Waals surface area contributed by atoms with Gasteiger partial charge in [-0.25, -0.2) is 0 Å². The third kappa shape index (κ3) is 3.26. The van der Waals surface area contributed by atoms with Crippen molar-refractivity contribution < 1.29 is 0 Å². The van der Waals surface area contributed by atoms with Crippen LogP contribution in [0.4, 0.5) is 0 Å². The smallest absolute Gasteiger partial charge is 0.0452 e. The molecule has 1 unspecified atom stereocenters. The summed E-state index contributed by atoms with van der Waals surface area (Å²) in [6.45, 7) is 4.27. The molecule has 17 heavy (non-hydrogen) atoms. The zero-order valence-corrected chi connectivity index (χ0v) is 12.9. The van der Waals surface area contributed by atoms with Crippen LogP contribution in [0, 0.1) is 19.8 Å². The first kappa shape index (κ1) is 13.4. The molecule has 1 saturated carbocycles. The molecule has 1 aromatic carbocycles. The van der Waals surface area contributed by atoms with Crippen molar-refractivity contribution in [3.8, 4) is 0 Å². The van der Waals surface area contributed by atoms with Gasteiger partial charge in [0.1, 0.15) is 0 Å². The van der Waals surface area contributed by atoms with Crippen LogP contribution in [0.2, 0.25) is 5.02 Å². The molecule has 2 heteroatoms. The third-order valence-corrected chi connectivity index (χ3v) is 5.16. The van der Waals surface area contributed by atoms with Gasteiger partial charge >= 0.3 is 0 Å². The highest BCUT2D eigenvalue weighted by molar-refractivity contribution is 9.09. The molecule has 0 aromatic heterocycles. The minimum absolute atomic E-state index is 0.414. The lowest BCUT2D eigenvalue weighted by Crippen LogP contribution is -2.01. The summed E-state index contributed by atoms with van der Waals surface area (Å²) in [7, 11) is 0. The van der Waals surface area contributed by atoms with E-state index in [9.17, 15) is 0 Å². The van der Waals surface area contributed by atoms with E-state index < -0.39 is 0 Å². The second-order valence-electron chi connectivity index (χ2n) is 5.31. The molecular weight excluding hydrogens is 296 g/mol. The van der Waals surface area contributed by atoms with Gasteiger partial charge in [0, 0.05) is 9.85 Å². The van der Waals surface area contributed by atoms with Crippen molar-refractivity contribution in [2.75, 3.05) is 0 Å². The maximum Gasteiger partial charge on any atom is 0.0452 e. The number of halogens is 2. The monoisotopic (exact) mass is 314 g/mol. The molecule has 0 N–H and O–H groups in total. The highest BCUT2D eigenvalue weighted by atomic mass is 79.9. The standard InChI is InChI=1S/C15H20BrCl/c1-10-7-13(15(17)8-11(10)2)14(16)9-12-5-3-4-6-12/h7-8,12,14H,3-6,9H2,1-2H3. The molecule has 0 spiro atoms. The topological polar surface area (TPSA) is 0 Å². The van der Waals surface area contributed by atoms with Crippen LogP contribution in [0.5, 0.6) is 0 Å². The van der Waals surface area contributed by atoms with E-state index in [1.54, 1.807) is 0 Å². The average molecular weight is 316 g/mol. The average Bonchev–Trinajstić information content (AvgIpc) is 2.76. The lowest BCUT2D eigenvalue weighted by molar-refractivity contribution is 0.502. The van der Waals surface area contributed by atoms with Crippen molar-refractivity contribution in [1.29, 1.82) is 0 Å². The lowest BCUT2D eigenvalue weighted by Gasteiger charge is -2.17. The minimum atomic E-state index is 0.414. The molecule has 0 heterocycles. The molecule has 0 aliphatic heterocycles.